The van der Waals surface area contributed by atoms with Gasteiger partial charge >= 0.3 is 0 Å². The maximum Gasteiger partial charge on any atom is 0.244 e. The number of nitrogens with zero attached hydrogens (tertiary/aromatic N) is 2. The zero-order valence-electron chi connectivity index (χ0n) is 21.9. The number of sulfonamides is 1. The Morgan fingerprint density at radius 1 is 0.971 bits per heavy atom. The first-order valence-corrected chi connectivity index (χ1v) is 13.8. The summed E-state index contributed by atoms with van der Waals surface area (Å²) in [5.41, 5.74) is 3.39. The van der Waals surface area contributed by atoms with E-state index in [9.17, 15) is 18.0 Å². The fourth-order valence-corrected chi connectivity index (χ4v) is 4.53. The first-order valence-electron chi connectivity index (χ1n) is 12.0. The highest BCUT2D eigenvalue weighted by Gasteiger charge is 2.30. The third-order valence-electron chi connectivity index (χ3n) is 5.81. The van der Waals surface area contributed by atoms with Crippen molar-refractivity contribution in [3.8, 4) is 0 Å². The molecule has 0 radical (unpaired) electrons. The van der Waals surface area contributed by atoms with Crippen LogP contribution in [0.4, 0.5) is 5.69 Å². The Hall–Kier alpha value is -2.87. The molecule has 0 aliphatic rings. The van der Waals surface area contributed by atoms with Gasteiger partial charge in [0.05, 0.1) is 11.9 Å². The Balaban J connectivity index is 2.36. The van der Waals surface area contributed by atoms with Crippen LogP contribution in [-0.4, -0.2) is 50.5 Å². The molecule has 1 unspecified atom stereocenters. The molecular weight excluding hydrogens is 462 g/mol. The molecule has 192 valence electrons. The number of rotatable bonds is 11. The van der Waals surface area contributed by atoms with E-state index in [1.54, 1.807) is 19.1 Å². The monoisotopic (exact) mass is 501 g/mol. The van der Waals surface area contributed by atoms with Gasteiger partial charge in [-0.05, 0) is 48.9 Å². The minimum Gasteiger partial charge on any atom is -0.354 e. The van der Waals surface area contributed by atoms with Crippen LogP contribution in [0.3, 0.4) is 0 Å². The Morgan fingerprint density at radius 3 is 2.11 bits per heavy atom. The van der Waals surface area contributed by atoms with Crippen molar-refractivity contribution in [2.75, 3.05) is 23.7 Å². The van der Waals surface area contributed by atoms with E-state index in [2.05, 4.69) is 19.2 Å². The summed E-state index contributed by atoms with van der Waals surface area (Å²) in [6, 6.07) is 14.1. The second-order valence-corrected chi connectivity index (χ2v) is 11.7. The number of carbonyl (C=O) groups is 2. The smallest absolute Gasteiger partial charge is 0.244 e. The summed E-state index contributed by atoms with van der Waals surface area (Å²) in [4.78, 5) is 27.9. The first-order chi connectivity index (χ1) is 16.3. The highest BCUT2D eigenvalue weighted by Crippen LogP contribution is 2.23. The lowest BCUT2D eigenvalue weighted by Gasteiger charge is -2.31. The van der Waals surface area contributed by atoms with Crippen LogP contribution in [-0.2, 0) is 26.2 Å². The van der Waals surface area contributed by atoms with Crippen LogP contribution < -0.4 is 9.62 Å². The molecule has 0 aromatic heterocycles. The molecule has 0 heterocycles. The van der Waals surface area contributed by atoms with Gasteiger partial charge in [-0.15, -0.1) is 0 Å². The molecule has 0 spiro atoms. The maximum absolute atomic E-state index is 13.6. The normalized spacial score (nSPS) is 12.5. The Labute approximate surface area is 210 Å². The van der Waals surface area contributed by atoms with Gasteiger partial charge in [-0.25, -0.2) is 8.42 Å². The van der Waals surface area contributed by atoms with E-state index >= 15 is 0 Å². The molecule has 2 rings (SSSR count). The molecule has 2 aromatic rings. The molecule has 0 saturated heterocycles. The van der Waals surface area contributed by atoms with Crippen LogP contribution in [0, 0.1) is 12.8 Å². The number of aryl methyl sites for hydroxylation is 1. The minimum atomic E-state index is -3.74. The van der Waals surface area contributed by atoms with E-state index in [1.807, 2.05) is 57.2 Å². The van der Waals surface area contributed by atoms with Gasteiger partial charge in [-0.1, -0.05) is 69.7 Å². The standard InChI is InChI=1S/C27H39N3O4S/c1-19(2)16-28-27(32)22(6)29(17-23-10-8-9-21(5)15-23)26(31)18-30(35(7,33)34)25-13-11-24(12-14-25)20(3)4/h8-15,19-20,22H,16-18H2,1-7H3,(H,28,32). The average molecular weight is 502 g/mol. The zero-order chi connectivity index (χ0) is 26.3. The van der Waals surface area contributed by atoms with Crippen LogP contribution in [0.1, 0.15) is 57.2 Å². The fourth-order valence-electron chi connectivity index (χ4n) is 3.68. The largest absolute Gasteiger partial charge is 0.354 e. The van der Waals surface area contributed by atoms with Crippen molar-refractivity contribution < 1.29 is 18.0 Å². The number of nitrogens with one attached hydrogen (secondary N) is 1. The summed E-state index contributed by atoms with van der Waals surface area (Å²) in [6.45, 7) is 12.0. The molecule has 1 atom stereocenters. The van der Waals surface area contributed by atoms with E-state index in [0.717, 1.165) is 27.3 Å². The number of hydrogen-bond acceptors (Lipinski definition) is 4. The Kier molecular flexibility index (Phi) is 9.89. The van der Waals surface area contributed by atoms with Crippen LogP contribution in [0.15, 0.2) is 48.5 Å². The molecule has 2 aromatic carbocycles. The van der Waals surface area contributed by atoms with Gasteiger partial charge in [0.1, 0.15) is 12.6 Å². The van der Waals surface area contributed by atoms with E-state index in [1.165, 1.54) is 4.90 Å². The molecule has 0 aliphatic carbocycles. The molecule has 8 heteroatoms. The van der Waals surface area contributed by atoms with E-state index in [4.69, 9.17) is 0 Å². The average Bonchev–Trinajstić information content (AvgIpc) is 2.78. The molecule has 0 saturated carbocycles. The lowest BCUT2D eigenvalue weighted by Crippen LogP contribution is -2.51. The molecule has 0 aliphatic heterocycles. The Morgan fingerprint density at radius 2 is 1.60 bits per heavy atom. The summed E-state index contributed by atoms with van der Waals surface area (Å²) >= 11 is 0. The van der Waals surface area contributed by atoms with Crippen molar-refractivity contribution >= 4 is 27.5 Å². The first kappa shape index (κ1) is 28.4. The highest BCUT2D eigenvalue weighted by atomic mass is 32.2. The lowest BCUT2D eigenvalue weighted by molar-refractivity contribution is -0.139. The van der Waals surface area contributed by atoms with Gasteiger partial charge in [-0.2, -0.15) is 0 Å². The van der Waals surface area contributed by atoms with Gasteiger partial charge in [0.25, 0.3) is 0 Å². The lowest BCUT2D eigenvalue weighted by atomic mass is 10.0. The number of carbonyl (C=O) groups excluding carboxylic acids is 2. The van der Waals surface area contributed by atoms with Gasteiger partial charge in [0.15, 0.2) is 0 Å². The van der Waals surface area contributed by atoms with Crippen molar-refractivity contribution in [1.29, 1.82) is 0 Å². The van der Waals surface area contributed by atoms with Gasteiger partial charge < -0.3 is 10.2 Å². The second kappa shape index (κ2) is 12.2. The SMILES string of the molecule is Cc1cccc(CN(C(=O)CN(c2ccc(C(C)C)cc2)S(C)(=O)=O)C(C)C(=O)NCC(C)C)c1. The summed E-state index contributed by atoms with van der Waals surface area (Å²) in [6.07, 6.45) is 1.08. The van der Waals surface area contributed by atoms with Crippen LogP contribution in [0.2, 0.25) is 0 Å². The van der Waals surface area contributed by atoms with Crippen LogP contribution >= 0.6 is 0 Å². The van der Waals surface area contributed by atoms with E-state index < -0.39 is 28.5 Å². The van der Waals surface area contributed by atoms with Crippen molar-refractivity contribution in [3.05, 3.63) is 65.2 Å². The van der Waals surface area contributed by atoms with Crippen molar-refractivity contribution in [3.63, 3.8) is 0 Å². The second-order valence-electron chi connectivity index (χ2n) is 9.84. The number of anilines is 1. The van der Waals surface area contributed by atoms with E-state index in [-0.39, 0.29) is 18.4 Å². The number of hydrogen-bond donors (Lipinski definition) is 1. The van der Waals surface area contributed by atoms with E-state index in [0.29, 0.717) is 18.2 Å². The van der Waals surface area contributed by atoms with Gasteiger partial charge in [0, 0.05) is 13.1 Å². The molecule has 0 fully saturated rings. The molecule has 7 nitrogen and oxygen atoms in total. The number of benzene rings is 2. The minimum absolute atomic E-state index is 0.195. The van der Waals surface area contributed by atoms with Crippen LogP contribution in [0.25, 0.3) is 0 Å². The third-order valence-corrected chi connectivity index (χ3v) is 6.95. The summed E-state index contributed by atoms with van der Waals surface area (Å²) < 4.78 is 26.4. The molecular formula is C27H39N3O4S. The summed E-state index contributed by atoms with van der Waals surface area (Å²) in [5.74, 6) is -0.155. The molecule has 0 bridgehead atoms. The van der Waals surface area contributed by atoms with Crippen molar-refractivity contribution in [2.45, 2.75) is 60.0 Å². The zero-order valence-corrected chi connectivity index (χ0v) is 22.7. The van der Waals surface area contributed by atoms with Crippen LogP contribution in [0.5, 0.6) is 0 Å². The topological polar surface area (TPSA) is 86.8 Å². The summed E-state index contributed by atoms with van der Waals surface area (Å²) in [5, 5.41) is 2.88. The van der Waals surface area contributed by atoms with Crippen molar-refractivity contribution in [2.24, 2.45) is 5.92 Å². The predicted octanol–water partition coefficient (Wildman–Crippen LogP) is 4.07. The summed E-state index contributed by atoms with van der Waals surface area (Å²) in [7, 11) is -3.74. The maximum atomic E-state index is 13.6. The third kappa shape index (κ3) is 8.38. The molecule has 2 amide bonds. The fraction of sp³-hybridized carbons (Fsp3) is 0.481. The van der Waals surface area contributed by atoms with Gasteiger partial charge in [0.2, 0.25) is 21.8 Å². The molecule has 35 heavy (non-hydrogen) atoms. The van der Waals surface area contributed by atoms with Gasteiger partial charge in [-0.3, -0.25) is 13.9 Å². The molecule has 1 N–H and O–H groups in total. The number of amides is 2. The predicted molar refractivity (Wildman–Crippen MR) is 142 cm³/mol. The highest BCUT2D eigenvalue weighted by molar-refractivity contribution is 7.92. The Bertz CT molecular complexity index is 1110. The quantitative estimate of drug-likeness (QED) is 0.503. The van der Waals surface area contributed by atoms with Crippen molar-refractivity contribution in [1.82, 2.24) is 10.2 Å².